The fourth-order valence-electron chi connectivity index (χ4n) is 4.09. The summed E-state index contributed by atoms with van der Waals surface area (Å²) >= 11 is 0. The number of rotatable bonds is 4. The first-order valence-corrected chi connectivity index (χ1v) is 10.9. The first-order chi connectivity index (χ1) is 15.7. The zero-order valence-corrected chi connectivity index (χ0v) is 18.4. The van der Waals surface area contributed by atoms with Crippen LogP contribution in [0, 0.1) is 6.92 Å². The molecule has 3 aromatic heterocycles. The smallest absolute Gasteiger partial charge is 0.225 e. The Kier molecular flexibility index (Phi) is 5.60. The SMILES string of the molecule is Cc1cc2c(Nc3cnccn3)ccnc2cc1-c1cnc(N2CCCN(C)CC2)nc1. The zero-order chi connectivity index (χ0) is 21.9. The van der Waals surface area contributed by atoms with Crippen molar-refractivity contribution in [2.24, 2.45) is 0 Å². The Hall–Kier alpha value is -3.65. The normalized spacial score (nSPS) is 15.0. The number of aryl methyl sites for hydroxylation is 1. The summed E-state index contributed by atoms with van der Waals surface area (Å²) < 4.78 is 0. The number of pyridine rings is 1. The quantitative estimate of drug-likeness (QED) is 0.529. The van der Waals surface area contributed by atoms with Crippen LogP contribution >= 0.6 is 0 Å². The minimum Gasteiger partial charge on any atom is -0.339 e. The topological polar surface area (TPSA) is 83.0 Å². The molecule has 162 valence electrons. The van der Waals surface area contributed by atoms with Crippen molar-refractivity contribution in [3.8, 4) is 11.1 Å². The Balaban J connectivity index is 1.44. The van der Waals surface area contributed by atoms with Crippen molar-refractivity contribution in [2.45, 2.75) is 13.3 Å². The molecule has 5 rings (SSSR count). The van der Waals surface area contributed by atoms with Gasteiger partial charge in [0, 0.05) is 61.6 Å². The Bertz CT molecular complexity index is 1210. The van der Waals surface area contributed by atoms with Gasteiger partial charge in [-0.15, -0.1) is 0 Å². The van der Waals surface area contributed by atoms with Crippen molar-refractivity contribution < 1.29 is 0 Å². The van der Waals surface area contributed by atoms with Crippen molar-refractivity contribution in [2.75, 3.05) is 43.4 Å². The van der Waals surface area contributed by atoms with Gasteiger partial charge in [0.05, 0.1) is 17.4 Å². The summed E-state index contributed by atoms with van der Waals surface area (Å²) in [6.45, 7) is 6.20. The number of benzene rings is 1. The lowest BCUT2D eigenvalue weighted by Crippen LogP contribution is -2.30. The number of likely N-dealkylation sites (N-methyl/N-ethyl adjacent to an activating group) is 1. The van der Waals surface area contributed by atoms with Gasteiger partial charge in [-0.2, -0.15) is 0 Å². The zero-order valence-electron chi connectivity index (χ0n) is 18.4. The summed E-state index contributed by atoms with van der Waals surface area (Å²) in [5.41, 5.74) is 5.07. The first kappa shape index (κ1) is 20.3. The third-order valence-electron chi connectivity index (χ3n) is 5.87. The van der Waals surface area contributed by atoms with Crippen molar-refractivity contribution in [1.82, 2.24) is 29.8 Å². The molecule has 0 atom stereocenters. The van der Waals surface area contributed by atoms with Gasteiger partial charge in [0.25, 0.3) is 0 Å². The predicted molar refractivity (Wildman–Crippen MR) is 127 cm³/mol. The number of hydrogen-bond donors (Lipinski definition) is 1. The van der Waals surface area contributed by atoms with Gasteiger partial charge < -0.3 is 15.1 Å². The number of hydrogen-bond acceptors (Lipinski definition) is 8. The van der Waals surface area contributed by atoms with Crippen LogP contribution in [0.4, 0.5) is 17.5 Å². The minimum absolute atomic E-state index is 0.699. The van der Waals surface area contributed by atoms with E-state index >= 15 is 0 Å². The van der Waals surface area contributed by atoms with Gasteiger partial charge in [-0.25, -0.2) is 15.0 Å². The van der Waals surface area contributed by atoms with Gasteiger partial charge in [0.2, 0.25) is 5.95 Å². The van der Waals surface area contributed by atoms with Crippen LogP contribution in [0.3, 0.4) is 0 Å². The Morgan fingerprint density at radius 2 is 1.75 bits per heavy atom. The van der Waals surface area contributed by atoms with E-state index in [0.717, 1.165) is 71.8 Å². The summed E-state index contributed by atoms with van der Waals surface area (Å²) in [6, 6.07) is 6.20. The van der Waals surface area contributed by atoms with Crippen molar-refractivity contribution in [3.05, 3.63) is 60.9 Å². The van der Waals surface area contributed by atoms with Crippen LogP contribution in [0.5, 0.6) is 0 Å². The molecule has 8 heteroatoms. The van der Waals surface area contributed by atoms with Crippen molar-refractivity contribution >= 4 is 28.4 Å². The summed E-state index contributed by atoms with van der Waals surface area (Å²) in [4.78, 5) is 27.0. The lowest BCUT2D eigenvalue weighted by molar-refractivity contribution is 0.360. The maximum Gasteiger partial charge on any atom is 0.225 e. The van der Waals surface area contributed by atoms with Gasteiger partial charge in [0.15, 0.2) is 0 Å². The third-order valence-corrected chi connectivity index (χ3v) is 5.87. The summed E-state index contributed by atoms with van der Waals surface area (Å²) in [6.07, 6.45) is 11.8. The molecule has 0 spiro atoms. The Morgan fingerprint density at radius 3 is 2.56 bits per heavy atom. The fraction of sp³-hybridized carbons (Fsp3) is 0.292. The summed E-state index contributed by atoms with van der Waals surface area (Å²) in [7, 11) is 2.16. The highest BCUT2D eigenvalue weighted by Gasteiger charge is 2.15. The van der Waals surface area contributed by atoms with Crippen LogP contribution in [-0.4, -0.2) is 63.0 Å². The third kappa shape index (κ3) is 4.22. The number of nitrogens with zero attached hydrogens (tertiary/aromatic N) is 7. The molecule has 0 aliphatic carbocycles. The molecule has 0 radical (unpaired) electrons. The standard InChI is InChI=1S/C24H26N8/c1-17-12-20-21(30-23-16-25-6-7-27-23)4-5-26-22(20)13-19(17)18-14-28-24(29-15-18)32-9-3-8-31(2)10-11-32/h4-7,12-16H,3,8-11H2,1-2H3,(H,26,27,30). The molecular formula is C24H26N8. The summed E-state index contributed by atoms with van der Waals surface area (Å²) in [5.74, 6) is 1.50. The predicted octanol–water partition coefficient (Wildman–Crippen LogP) is 3.68. The second-order valence-corrected chi connectivity index (χ2v) is 8.17. The highest BCUT2D eigenvalue weighted by Crippen LogP contribution is 2.31. The molecule has 8 nitrogen and oxygen atoms in total. The number of anilines is 3. The number of aromatic nitrogens is 5. The second-order valence-electron chi connectivity index (χ2n) is 8.17. The van der Waals surface area contributed by atoms with Crippen LogP contribution < -0.4 is 10.2 Å². The van der Waals surface area contributed by atoms with Gasteiger partial charge in [-0.3, -0.25) is 9.97 Å². The van der Waals surface area contributed by atoms with E-state index in [1.54, 1.807) is 24.8 Å². The molecular weight excluding hydrogens is 400 g/mol. The monoisotopic (exact) mass is 426 g/mol. The molecule has 4 aromatic rings. The maximum atomic E-state index is 4.69. The van der Waals surface area contributed by atoms with Crippen LogP contribution in [-0.2, 0) is 0 Å². The average molecular weight is 427 g/mol. The van der Waals surface area contributed by atoms with E-state index in [1.807, 2.05) is 18.5 Å². The van der Waals surface area contributed by atoms with E-state index in [9.17, 15) is 0 Å². The molecule has 4 heterocycles. The Morgan fingerprint density at radius 1 is 0.875 bits per heavy atom. The number of fused-ring (bicyclic) bond motifs is 1. The molecule has 1 aromatic carbocycles. The van der Waals surface area contributed by atoms with Gasteiger partial charge >= 0.3 is 0 Å². The van der Waals surface area contributed by atoms with E-state index in [-0.39, 0.29) is 0 Å². The van der Waals surface area contributed by atoms with Crippen molar-refractivity contribution in [3.63, 3.8) is 0 Å². The highest BCUT2D eigenvalue weighted by molar-refractivity contribution is 5.96. The first-order valence-electron chi connectivity index (χ1n) is 10.9. The van der Waals surface area contributed by atoms with Gasteiger partial charge in [-0.05, 0) is 56.3 Å². The van der Waals surface area contributed by atoms with E-state index in [4.69, 9.17) is 0 Å². The lowest BCUT2D eigenvalue weighted by Gasteiger charge is -2.20. The van der Waals surface area contributed by atoms with Crippen molar-refractivity contribution in [1.29, 1.82) is 0 Å². The fourth-order valence-corrected chi connectivity index (χ4v) is 4.09. The highest BCUT2D eigenvalue weighted by atomic mass is 15.3. The van der Waals surface area contributed by atoms with Crippen LogP contribution in [0.25, 0.3) is 22.0 Å². The molecule has 0 amide bonds. The van der Waals surface area contributed by atoms with Gasteiger partial charge in [0.1, 0.15) is 5.82 Å². The van der Waals surface area contributed by atoms with Crippen LogP contribution in [0.15, 0.2) is 55.4 Å². The molecule has 1 N–H and O–H groups in total. The van der Waals surface area contributed by atoms with Crippen LogP contribution in [0.2, 0.25) is 0 Å². The molecule has 0 unspecified atom stereocenters. The second kappa shape index (κ2) is 8.84. The minimum atomic E-state index is 0.699. The van der Waals surface area contributed by atoms with E-state index in [1.165, 1.54) is 0 Å². The molecule has 1 saturated heterocycles. The van der Waals surface area contributed by atoms with E-state index in [2.05, 4.69) is 66.1 Å². The molecule has 0 bridgehead atoms. The average Bonchev–Trinajstić information content (AvgIpc) is 3.04. The molecule has 1 fully saturated rings. The molecule has 1 aliphatic heterocycles. The van der Waals surface area contributed by atoms with Crippen LogP contribution in [0.1, 0.15) is 12.0 Å². The maximum absolute atomic E-state index is 4.69. The number of nitrogens with one attached hydrogen (secondary N) is 1. The largest absolute Gasteiger partial charge is 0.339 e. The van der Waals surface area contributed by atoms with E-state index < -0.39 is 0 Å². The van der Waals surface area contributed by atoms with E-state index in [0.29, 0.717) is 5.82 Å². The molecule has 1 aliphatic rings. The molecule has 0 saturated carbocycles. The molecule has 32 heavy (non-hydrogen) atoms. The van der Waals surface area contributed by atoms with Gasteiger partial charge in [-0.1, -0.05) is 0 Å². The summed E-state index contributed by atoms with van der Waals surface area (Å²) in [5, 5.41) is 4.37. The lowest BCUT2D eigenvalue weighted by atomic mass is 10.00. The Labute approximate surface area is 187 Å².